The number of hydrogen-bond donors (Lipinski definition) is 2. The van der Waals surface area contributed by atoms with Gasteiger partial charge in [0.2, 0.25) is 0 Å². The van der Waals surface area contributed by atoms with Gasteiger partial charge in [-0.05, 0) is 31.9 Å². The number of hydrogen-bond acceptors (Lipinski definition) is 4. The first-order valence-corrected chi connectivity index (χ1v) is 6.71. The summed E-state index contributed by atoms with van der Waals surface area (Å²) in [5, 5.41) is 11.7. The predicted octanol–water partition coefficient (Wildman–Crippen LogP) is 0.866. The fourth-order valence-corrected chi connectivity index (χ4v) is 2.32. The zero-order valence-corrected chi connectivity index (χ0v) is 11.7. The van der Waals surface area contributed by atoms with Gasteiger partial charge in [0, 0.05) is 18.5 Å². The summed E-state index contributed by atoms with van der Waals surface area (Å²) in [6.07, 6.45) is 5.61. The van der Waals surface area contributed by atoms with Crippen molar-refractivity contribution in [1.29, 1.82) is 0 Å². The van der Waals surface area contributed by atoms with E-state index in [4.69, 9.17) is 4.18 Å². The van der Waals surface area contributed by atoms with Gasteiger partial charge in [0.25, 0.3) is 0 Å². The quantitative estimate of drug-likeness (QED) is 0.627. The van der Waals surface area contributed by atoms with Gasteiger partial charge in [-0.2, -0.15) is 0 Å². The number of aromatic amines is 1. The van der Waals surface area contributed by atoms with E-state index in [1.165, 1.54) is 11.1 Å². The molecule has 18 heavy (non-hydrogen) atoms. The topological polar surface area (TPSA) is 58.1 Å². The molecule has 0 amide bonds. The Kier molecular flexibility index (Phi) is 4.27. The minimum atomic E-state index is -0.594. The fourth-order valence-electron chi connectivity index (χ4n) is 1.88. The molecule has 0 saturated heterocycles. The van der Waals surface area contributed by atoms with Crippen LogP contribution in [0.2, 0.25) is 0 Å². The van der Waals surface area contributed by atoms with Crippen LogP contribution in [0.25, 0.3) is 12.2 Å². The standard InChI is InChI=1S/C13H18N2O2S/c1-8-4-5-10-11(6-9(8)2)15-12(14-10)7-13(16)18-17-3/h5-6,13,16H,4,7H2,1-3H3,(H,14,15). The van der Waals surface area contributed by atoms with E-state index in [-0.39, 0.29) is 0 Å². The van der Waals surface area contributed by atoms with E-state index in [0.29, 0.717) is 6.42 Å². The highest BCUT2D eigenvalue weighted by Gasteiger charge is 2.10. The highest BCUT2D eigenvalue weighted by Crippen LogP contribution is 2.12. The lowest BCUT2D eigenvalue weighted by Gasteiger charge is -2.04. The molecule has 2 rings (SSSR count). The molecule has 1 atom stereocenters. The molecule has 0 bridgehead atoms. The first-order chi connectivity index (χ1) is 8.60. The van der Waals surface area contributed by atoms with Crippen LogP contribution in [-0.2, 0) is 10.6 Å². The highest BCUT2D eigenvalue weighted by molar-refractivity contribution is 7.95. The van der Waals surface area contributed by atoms with E-state index in [0.717, 1.165) is 35.0 Å². The minimum absolute atomic E-state index is 0.453. The molecule has 5 heteroatoms. The van der Waals surface area contributed by atoms with Gasteiger partial charge < -0.3 is 14.3 Å². The maximum Gasteiger partial charge on any atom is 0.132 e. The first-order valence-electron chi connectivity index (χ1n) is 5.91. The predicted molar refractivity (Wildman–Crippen MR) is 74.1 cm³/mol. The zero-order chi connectivity index (χ0) is 13.1. The molecular formula is C13H18N2O2S. The van der Waals surface area contributed by atoms with Crippen molar-refractivity contribution in [2.45, 2.75) is 32.1 Å². The molecule has 0 fully saturated rings. The molecule has 0 aromatic carbocycles. The molecule has 0 spiro atoms. The largest absolute Gasteiger partial charge is 0.380 e. The van der Waals surface area contributed by atoms with E-state index < -0.39 is 5.44 Å². The number of aliphatic hydroxyl groups excluding tert-OH is 1. The van der Waals surface area contributed by atoms with Crippen LogP contribution in [0.4, 0.5) is 0 Å². The van der Waals surface area contributed by atoms with Gasteiger partial charge in [-0.1, -0.05) is 11.6 Å². The number of aromatic nitrogens is 2. The molecule has 1 aromatic heterocycles. The lowest BCUT2D eigenvalue weighted by Crippen LogP contribution is -2.23. The van der Waals surface area contributed by atoms with Gasteiger partial charge >= 0.3 is 0 Å². The van der Waals surface area contributed by atoms with E-state index in [9.17, 15) is 5.11 Å². The van der Waals surface area contributed by atoms with Crippen molar-refractivity contribution in [3.05, 3.63) is 27.7 Å². The Bertz CT molecular complexity index is 574. The molecule has 1 heterocycles. The number of nitrogens with zero attached hydrogens (tertiary/aromatic N) is 1. The van der Waals surface area contributed by atoms with Gasteiger partial charge in [-0.15, -0.1) is 0 Å². The second-order valence-corrected chi connectivity index (χ2v) is 5.49. The van der Waals surface area contributed by atoms with Crippen molar-refractivity contribution >= 4 is 24.2 Å². The molecule has 0 saturated carbocycles. The third-order valence-corrected chi connectivity index (χ3v) is 3.60. The smallest absolute Gasteiger partial charge is 0.132 e. The third-order valence-electron chi connectivity index (χ3n) is 3.02. The first kappa shape index (κ1) is 13.4. The molecule has 1 aromatic rings. The van der Waals surface area contributed by atoms with Crippen LogP contribution in [0.5, 0.6) is 0 Å². The highest BCUT2D eigenvalue weighted by atomic mass is 32.2. The van der Waals surface area contributed by atoms with Gasteiger partial charge in [-0.25, -0.2) is 4.98 Å². The summed E-state index contributed by atoms with van der Waals surface area (Å²) in [5.74, 6) is 0.789. The van der Waals surface area contributed by atoms with Crippen LogP contribution in [0.15, 0.2) is 11.1 Å². The summed E-state index contributed by atoms with van der Waals surface area (Å²) in [7, 11) is 1.55. The van der Waals surface area contributed by atoms with Crippen LogP contribution in [0.1, 0.15) is 26.1 Å². The molecule has 1 unspecified atom stereocenters. The summed E-state index contributed by atoms with van der Waals surface area (Å²) in [6, 6.07) is 0. The minimum Gasteiger partial charge on any atom is -0.380 e. The second kappa shape index (κ2) is 5.73. The summed E-state index contributed by atoms with van der Waals surface area (Å²) in [6.45, 7) is 4.24. The maximum atomic E-state index is 9.66. The van der Waals surface area contributed by atoms with Crippen LogP contribution in [0, 0.1) is 0 Å². The summed E-state index contributed by atoms with van der Waals surface area (Å²) < 4.78 is 4.83. The number of allylic oxidation sites excluding steroid dienone is 2. The van der Waals surface area contributed by atoms with Crippen molar-refractivity contribution in [3.8, 4) is 0 Å². The molecule has 4 nitrogen and oxygen atoms in total. The second-order valence-electron chi connectivity index (χ2n) is 4.42. The summed E-state index contributed by atoms with van der Waals surface area (Å²) >= 11 is 1.04. The van der Waals surface area contributed by atoms with Gasteiger partial charge in [0.1, 0.15) is 11.3 Å². The monoisotopic (exact) mass is 266 g/mol. The van der Waals surface area contributed by atoms with E-state index >= 15 is 0 Å². The molecular weight excluding hydrogens is 248 g/mol. The molecule has 98 valence electrons. The third kappa shape index (κ3) is 3.04. The van der Waals surface area contributed by atoms with Gasteiger partial charge in [-0.3, -0.25) is 0 Å². The lowest BCUT2D eigenvalue weighted by molar-refractivity contribution is 0.250. The molecule has 1 aliphatic rings. The van der Waals surface area contributed by atoms with Gasteiger partial charge in [0.15, 0.2) is 0 Å². The van der Waals surface area contributed by atoms with E-state index in [2.05, 4.69) is 36.0 Å². The maximum absolute atomic E-state index is 9.66. The van der Waals surface area contributed by atoms with E-state index in [1.807, 2.05) is 0 Å². The average molecular weight is 266 g/mol. The fraction of sp³-hybridized carbons (Fsp3) is 0.462. The number of nitrogens with one attached hydrogen (secondary N) is 1. The summed E-state index contributed by atoms with van der Waals surface area (Å²) in [5.41, 5.74) is 2.04. The van der Waals surface area contributed by atoms with Crippen molar-refractivity contribution < 1.29 is 9.29 Å². The van der Waals surface area contributed by atoms with Crippen LogP contribution >= 0.6 is 12.0 Å². The van der Waals surface area contributed by atoms with Crippen LogP contribution < -0.4 is 10.7 Å². The lowest BCUT2D eigenvalue weighted by atomic mass is 10.1. The van der Waals surface area contributed by atoms with Gasteiger partial charge in [0.05, 0.1) is 17.8 Å². The van der Waals surface area contributed by atoms with Crippen molar-refractivity contribution in [2.75, 3.05) is 7.11 Å². The normalized spacial score (nSPS) is 16.7. The summed E-state index contributed by atoms with van der Waals surface area (Å²) in [4.78, 5) is 7.76. The number of fused-ring (bicyclic) bond motifs is 1. The van der Waals surface area contributed by atoms with Crippen LogP contribution in [0.3, 0.4) is 0 Å². The molecule has 1 aliphatic carbocycles. The molecule has 0 aliphatic heterocycles. The number of H-pyrrole nitrogens is 1. The van der Waals surface area contributed by atoms with E-state index in [1.54, 1.807) is 7.11 Å². The number of imidazole rings is 1. The number of rotatable bonds is 4. The van der Waals surface area contributed by atoms with Crippen molar-refractivity contribution in [3.63, 3.8) is 0 Å². The Morgan fingerprint density at radius 2 is 2.33 bits per heavy atom. The Balaban J connectivity index is 2.28. The van der Waals surface area contributed by atoms with Crippen LogP contribution in [-0.4, -0.2) is 27.6 Å². The average Bonchev–Trinajstić information content (AvgIpc) is 2.62. The SMILES string of the molecule is COSC(O)Cc1nc2c([nH]1)=CC(C)=C(C)CC=2. The van der Waals surface area contributed by atoms with Crippen molar-refractivity contribution in [1.82, 2.24) is 9.97 Å². The zero-order valence-electron chi connectivity index (χ0n) is 10.9. The van der Waals surface area contributed by atoms with Crippen molar-refractivity contribution in [2.24, 2.45) is 0 Å². The Labute approximate surface area is 111 Å². The molecule has 2 N–H and O–H groups in total. The Morgan fingerprint density at radius 1 is 1.56 bits per heavy atom. The Hall–Kier alpha value is -1.04. The number of aliphatic hydroxyl groups is 1. The Morgan fingerprint density at radius 3 is 3.06 bits per heavy atom. The molecule has 0 radical (unpaired) electrons.